The minimum Gasteiger partial charge on any atom is -0.464 e. The van der Waals surface area contributed by atoms with E-state index in [0.717, 1.165) is 20.9 Å². The second kappa shape index (κ2) is 6.25. The predicted molar refractivity (Wildman–Crippen MR) is 79.3 cm³/mol. The second-order valence-electron chi connectivity index (χ2n) is 4.23. The van der Waals surface area contributed by atoms with E-state index in [1.807, 2.05) is 37.4 Å². The Hall–Kier alpha value is -1.27. The summed E-state index contributed by atoms with van der Waals surface area (Å²) in [6.07, 6.45) is 0. The predicted octanol–water partition coefficient (Wildman–Crippen LogP) is 3.97. The highest BCUT2D eigenvalue weighted by molar-refractivity contribution is 9.10. The molecule has 2 aromatic heterocycles. The quantitative estimate of drug-likeness (QED) is 0.883. The number of carbonyl (C=O) groups is 1. The number of hydrogen-bond acceptors (Lipinski definition) is 3. The van der Waals surface area contributed by atoms with Crippen LogP contribution in [0.3, 0.4) is 0 Å². The standard InChI is InChI=1S/C13H15BrN2O2S/c1-8-3-4-12(18-8)9(2)16-13(17)15-6-11-5-10(14)7-19-11/h3-5,7,9H,6H2,1-2H3,(H2,15,16,17)/t9-/m0/s1. The number of thiophene rings is 1. The third kappa shape index (κ3) is 4.11. The molecule has 0 unspecified atom stereocenters. The molecule has 0 fully saturated rings. The van der Waals surface area contributed by atoms with E-state index in [1.54, 1.807) is 11.3 Å². The average Bonchev–Trinajstić information content (AvgIpc) is 2.95. The zero-order valence-corrected chi connectivity index (χ0v) is 13.1. The van der Waals surface area contributed by atoms with Gasteiger partial charge in [0.1, 0.15) is 11.5 Å². The second-order valence-corrected chi connectivity index (χ2v) is 6.14. The zero-order valence-electron chi connectivity index (χ0n) is 10.7. The van der Waals surface area contributed by atoms with E-state index in [4.69, 9.17) is 4.42 Å². The minimum absolute atomic E-state index is 0.149. The Morgan fingerprint density at radius 2 is 2.32 bits per heavy atom. The first-order valence-electron chi connectivity index (χ1n) is 5.88. The van der Waals surface area contributed by atoms with Crippen LogP contribution in [0.2, 0.25) is 0 Å². The Morgan fingerprint density at radius 1 is 1.53 bits per heavy atom. The van der Waals surface area contributed by atoms with E-state index in [-0.39, 0.29) is 12.1 Å². The van der Waals surface area contributed by atoms with Crippen LogP contribution in [-0.2, 0) is 6.54 Å². The molecular weight excluding hydrogens is 328 g/mol. The molecule has 0 spiro atoms. The maximum Gasteiger partial charge on any atom is 0.315 e. The minimum atomic E-state index is -0.203. The van der Waals surface area contributed by atoms with E-state index in [9.17, 15) is 4.79 Å². The molecule has 1 atom stereocenters. The number of urea groups is 1. The molecule has 0 saturated carbocycles. The Bertz CT molecular complexity index is 564. The summed E-state index contributed by atoms with van der Waals surface area (Å²) in [4.78, 5) is 12.8. The first-order valence-corrected chi connectivity index (χ1v) is 7.55. The number of carbonyl (C=O) groups excluding carboxylic acids is 1. The highest BCUT2D eigenvalue weighted by Crippen LogP contribution is 2.19. The number of hydrogen-bond donors (Lipinski definition) is 2. The number of furan rings is 1. The van der Waals surface area contributed by atoms with Gasteiger partial charge in [-0.25, -0.2) is 4.79 Å². The van der Waals surface area contributed by atoms with E-state index in [1.165, 1.54) is 0 Å². The van der Waals surface area contributed by atoms with E-state index in [0.29, 0.717) is 6.54 Å². The van der Waals surface area contributed by atoms with Crippen LogP contribution in [0.1, 0.15) is 29.4 Å². The largest absolute Gasteiger partial charge is 0.464 e. The van der Waals surface area contributed by atoms with Gasteiger partial charge in [-0.3, -0.25) is 0 Å². The van der Waals surface area contributed by atoms with Gasteiger partial charge in [0.25, 0.3) is 0 Å². The fourth-order valence-corrected chi connectivity index (χ4v) is 3.01. The number of aryl methyl sites for hydroxylation is 1. The summed E-state index contributed by atoms with van der Waals surface area (Å²) in [5.41, 5.74) is 0. The van der Waals surface area contributed by atoms with Crippen LogP contribution in [0.5, 0.6) is 0 Å². The van der Waals surface area contributed by atoms with Crippen molar-refractivity contribution in [2.75, 3.05) is 0 Å². The molecule has 0 radical (unpaired) electrons. The summed E-state index contributed by atoms with van der Waals surface area (Å²) in [6.45, 7) is 4.29. The molecule has 0 aliphatic rings. The van der Waals surface area contributed by atoms with Gasteiger partial charge in [0, 0.05) is 14.7 Å². The Balaban J connectivity index is 1.81. The lowest BCUT2D eigenvalue weighted by Gasteiger charge is -2.12. The van der Waals surface area contributed by atoms with E-state index in [2.05, 4.69) is 26.6 Å². The molecule has 2 aromatic rings. The molecule has 0 bridgehead atoms. The lowest BCUT2D eigenvalue weighted by atomic mass is 10.2. The first kappa shape index (κ1) is 14.1. The summed E-state index contributed by atoms with van der Waals surface area (Å²) in [5.74, 6) is 1.60. The molecule has 2 heterocycles. The summed E-state index contributed by atoms with van der Waals surface area (Å²) >= 11 is 4.98. The van der Waals surface area contributed by atoms with Gasteiger partial charge in [0.15, 0.2) is 0 Å². The highest BCUT2D eigenvalue weighted by Gasteiger charge is 2.12. The number of rotatable bonds is 4. The van der Waals surface area contributed by atoms with Crippen LogP contribution < -0.4 is 10.6 Å². The number of amides is 2. The van der Waals surface area contributed by atoms with Crippen molar-refractivity contribution in [3.63, 3.8) is 0 Å². The SMILES string of the molecule is Cc1ccc([C@H](C)NC(=O)NCc2cc(Br)cs2)o1. The van der Waals surface area contributed by atoms with Gasteiger partial charge in [-0.15, -0.1) is 11.3 Å². The molecule has 2 N–H and O–H groups in total. The van der Waals surface area contributed by atoms with Gasteiger partial charge in [-0.05, 0) is 48.0 Å². The molecule has 2 rings (SSSR count). The molecule has 0 aromatic carbocycles. The molecular formula is C13H15BrN2O2S. The smallest absolute Gasteiger partial charge is 0.315 e. The van der Waals surface area contributed by atoms with Gasteiger partial charge in [-0.1, -0.05) is 0 Å². The summed E-state index contributed by atoms with van der Waals surface area (Å²) in [6, 6.07) is 5.39. The van der Waals surface area contributed by atoms with Crippen molar-refractivity contribution in [2.24, 2.45) is 0 Å². The molecule has 4 nitrogen and oxygen atoms in total. The molecule has 0 saturated heterocycles. The van der Waals surface area contributed by atoms with Gasteiger partial charge in [0.2, 0.25) is 0 Å². The number of nitrogens with one attached hydrogen (secondary N) is 2. The Morgan fingerprint density at radius 3 is 2.89 bits per heavy atom. The average molecular weight is 343 g/mol. The summed E-state index contributed by atoms with van der Waals surface area (Å²) < 4.78 is 6.50. The van der Waals surface area contributed by atoms with E-state index < -0.39 is 0 Å². The molecule has 0 aliphatic carbocycles. The molecule has 0 aliphatic heterocycles. The van der Waals surface area contributed by atoms with Crippen LogP contribution in [-0.4, -0.2) is 6.03 Å². The van der Waals surface area contributed by atoms with Crippen molar-refractivity contribution in [1.82, 2.24) is 10.6 Å². The van der Waals surface area contributed by atoms with Crippen molar-refractivity contribution >= 4 is 33.3 Å². The van der Waals surface area contributed by atoms with Crippen LogP contribution in [0.4, 0.5) is 4.79 Å². The summed E-state index contributed by atoms with van der Waals surface area (Å²) in [5, 5.41) is 7.64. The van der Waals surface area contributed by atoms with Crippen LogP contribution in [0.15, 0.2) is 32.5 Å². The molecule has 2 amide bonds. The lowest BCUT2D eigenvalue weighted by Crippen LogP contribution is -2.36. The van der Waals surface area contributed by atoms with Crippen molar-refractivity contribution in [1.29, 1.82) is 0 Å². The number of halogens is 1. The lowest BCUT2D eigenvalue weighted by molar-refractivity contribution is 0.235. The molecule has 102 valence electrons. The monoisotopic (exact) mass is 342 g/mol. The third-order valence-electron chi connectivity index (χ3n) is 2.58. The van der Waals surface area contributed by atoms with Crippen LogP contribution >= 0.6 is 27.3 Å². The van der Waals surface area contributed by atoms with Crippen LogP contribution in [0.25, 0.3) is 0 Å². The maximum atomic E-state index is 11.7. The van der Waals surface area contributed by atoms with Gasteiger partial charge in [0.05, 0.1) is 12.6 Å². The van der Waals surface area contributed by atoms with Crippen LogP contribution in [0, 0.1) is 6.92 Å². The normalized spacial score (nSPS) is 12.2. The fourth-order valence-electron chi connectivity index (χ4n) is 1.62. The Labute approximate surface area is 124 Å². The molecule has 6 heteroatoms. The van der Waals surface area contributed by atoms with Gasteiger partial charge < -0.3 is 15.1 Å². The first-order chi connectivity index (χ1) is 9.04. The van der Waals surface area contributed by atoms with Gasteiger partial charge in [-0.2, -0.15) is 0 Å². The summed E-state index contributed by atoms with van der Waals surface area (Å²) in [7, 11) is 0. The topological polar surface area (TPSA) is 54.3 Å². The maximum absolute atomic E-state index is 11.7. The zero-order chi connectivity index (χ0) is 13.8. The van der Waals surface area contributed by atoms with Crippen molar-refractivity contribution in [3.05, 3.63) is 44.4 Å². The van der Waals surface area contributed by atoms with Crippen molar-refractivity contribution in [3.8, 4) is 0 Å². The van der Waals surface area contributed by atoms with E-state index >= 15 is 0 Å². The molecule has 19 heavy (non-hydrogen) atoms. The van der Waals surface area contributed by atoms with Crippen molar-refractivity contribution < 1.29 is 9.21 Å². The van der Waals surface area contributed by atoms with Gasteiger partial charge >= 0.3 is 6.03 Å². The Kier molecular flexibility index (Phi) is 4.66. The highest BCUT2D eigenvalue weighted by atomic mass is 79.9. The third-order valence-corrected chi connectivity index (χ3v) is 4.28. The fraction of sp³-hybridized carbons (Fsp3) is 0.308. The van der Waals surface area contributed by atoms with Crippen molar-refractivity contribution in [2.45, 2.75) is 26.4 Å².